The van der Waals surface area contributed by atoms with Crippen molar-refractivity contribution in [3.05, 3.63) is 30.0 Å². The molecule has 1 heterocycles. The molecule has 6 heteroatoms. The van der Waals surface area contributed by atoms with E-state index in [1.165, 1.54) is 6.07 Å². The molecule has 106 valence electrons. The van der Waals surface area contributed by atoms with Crippen molar-refractivity contribution < 1.29 is 19.1 Å². The number of thioether (sulfide) groups is 1. The number of hydrogen-bond donors (Lipinski definition) is 2. The Morgan fingerprint density at radius 3 is 2.85 bits per heavy atom. The van der Waals surface area contributed by atoms with E-state index in [1.807, 2.05) is 0 Å². The highest BCUT2D eigenvalue weighted by molar-refractivity contribution is 7.99. The number of aromatic carboxylic acids is 1. The topological polar surface area (TPSA) is 79.5 Å². The van der Waals surface area contributed by atoms with Crippen LogP contribution in [-0.4, -0.2) is 28.5 Å². The van der Waals surface area contributed by atoms with Crippen LogP contribution in [0, 0.1) is 0 Å². The van der Waals surface area contributed by atoms with Gasteiger partial charge in [-0.05, 0) is 36.4 Å². The van der Waals surface area contributed by atoms with Crippen LogP contribution in [0.15, 0.2) is 28.7 Å². The lowest BCUT2D eigenvalue weighted by Crippen LogP contribution is -2.14. The Balaban J connectivity index is 2.07. The van der Waals surface area contributed by atoms with Crippen molar-refractivity contribution in [2.45, 2.75) is 13.3 Å². The number of fused-ring (bicyclic) bond motifs is 1. The third-order valence-corrected chi connectivity index (χ3v) is 3.76. The molecule has 0 aliphatic heterocycles. The van der Waals surface area contributed by atoms with E-state index >= 15 is 0 Å². The van der Waals surface area contributed by atoms with Crippen LogP contribution in [0.1, 0.15) is 23.9 Å². The van der Waals surface area contributed by atoms with Gasteiger partial charge in [0, 0.05) is 11.1 Å². The Kier molecular flexibility index (Phi) is 4.68. The number of carbonyl (C=O) groups is 2. The summed E-state index contributed by atoms with van der Waals surface area (Å²) in [5, 5.41) is 12.3. The molecule has 2 rings (SSSR count). The van der Waals surface area contributed by atoms with Gasteiger partial charge in [0.1, 0.15) is 5.58 Å². The van der Waals surface area contributed by atoms with Gasteiger partial charge in [0.05, 0.1) is 5.75 Å². The van der Waals surface area contributed by atoms with Gasteiger partial charge in [-0.2, -0.15) is 11.8 Å². The molecule has 0 bridgehead atoms. The van der Waals surface area contributed by atoms with Gasteiger partial charge in [-0.1, -0.05) is 6.92 Å². The third-order valence-electron chi connectivity index (χ3n) is 2.59. The SMILES string of the molecule is CCCSCC(=O)Nc1ccc2oc(C(=O)O)cc2c1. The third kappa shape index (κ3) is 3.54. The smallest absolute Gasteiger partial charge is 0.371 e. The zero-order chi connectivity index (χ0) is 14.5. The largest absolute Gasteiger partial charge is 0.475 e. The summed E-state index contributed by atoms with van der Waals surface area (Å²) in [6.07, 6.45) is 1.04. The zero-order valence-corrected chi connectivity index (χ0v) is 11.8. The Morgan fingerprint density at radius 2 is 2.15 bits per heavy atom. The molecule has 0 unspecified atom stereocenters. The molecule has 0 saturated heterocycles. The predicted octanol–water partition coefficient (Wildman–Crippen LogP) is 3.21. The summed E-state index contributed by atoms with van der Waals surface area (Å²) >= 11 is 1.58. The summed E-state index contributed by atoms with van der Waals surface area (Å²) in [5.74, 6) is 0.0860. The molecule has 5 nitrogen and oxygen atoms in total. The maximum absolute atomic E-state index is 11.7. The van der Waals surface area contributed by atoms with Crippen LogP contribution >= 0.6 is 11.8 Å². The summed E-state index contributed by atoms with van der Waals surface area (Å²) in [5.41, 5.74) is 1.12. The van der Waals surface area contributed by atoms with Crippen molar-refractivity contribution in [3.63, 3.8) is 0 Å². The normalized spacial score (nSPS) is 10.7. The number of carbonyl (C=O) groups excluding carboxylic acids is 1. The highest BCUT2D eigenvalue weighted by Crippen LogP contribution is 2.23. The molecule has 2 aromatic rings. The number of rotatable bonds is 6. The minimum Gasteiger partial charge on any atom is -0.475 e. The molecule has 2 N–H and O–H groups in total. The first-order valence-electron chi connectivity index (χ1n) is 6.24. The Labute approximate surface area is 120 Å². The minimum absolute atomic E-state index is 0.0650. The van der Waals surface area contributed by atoms with Gasteiger partial charge < -0.3 is 14.8 Å². The number of furan rings is 1. The number of benzene rings is 1. The average molecular weight is 293 g/mol. The lowest BCUT2D eigenvalue weighted by molar-refractivity contribution is -0.113. The molecule has 1 aromatic carbocycles. The van der Waals surface area contributed by atoms with E-state index in [-0.39, 0.29) is 11.7 Å². The first-order chi connectivity index (χ1) is 9.60. The summed E-state index contributed by atoms with van der Waals surface area (Å²) in [7, 11) is 0. The monoisotopic (exact) mass is 293 g/mol. The summed E-state index contributed by atoms with van der Waals surface area (Å²) < 4.78 is 5.15. The molecule has 0 aliphatic carbocycles. The fourth-order valence-corrected chi connectivity index (χ4v) is 2.42. The molecule has 0 aliphatic rings. The van der Waals surface area contributed by atoms with Crippen molar-refractivity contribution in [2.75, 3.05) is 16.8 Å². The maximum atomic E-state index is 11.7. The Morgan fingerprint density at radius 1 is 1.35 bits per heavy atom. The van der Waals surface area contributed by atoms with E-state index < -0.39 is 5.97 Å². The molecule has 0 fully saturated rings. The lowest BCUT2D eigenvalue weighted by Gasteiger charge is -2.04. The molecule has 1 amide bonds. The number of anilines is 1. The van der Waals surface area contributed by atoms with Crippen molar-refractivity contribution in [1.29, 1.82) is 0 Å². The van der Waals surface area contributed by atoms with Crippen LogP contribution in [0.5, 0.6) is 0 Å². The van der Waals surface area contributed by atoms with Gasteiger partial charge in [-0.3, -0.25) is 4.79 Å². The first kappa shape index (κ1) is 14.5. The lowest BCUT2D eigenvalue weighted by atomic mass is 10.2. The fraction of sp³-hybridized carbons (Fsp3) is 0.286. The average Bonchev–Trinajstić information content (AvgIpc) is 2.82. The molecular weight excluding hydrogens is 278 g/mol. The molecular formula is C14H15NO4S. The van der Waals surface area contributed by atoms with Crippen LogP contribution in [0.2, 0.25) is 0 Å². The highest BCUT2D eigenvalue weighted by Gasteiger charge is 2.11. The van der Waals surface area contributed by atoms with Gasteiger partial charge in [-0.25, -0.2) is 4.79 Å². The van der Waals surface area contributed by atoms with E-state index in [2.05, 4.69) is 12.2 Å². The van der Waals surface area contributed by atoms with E-state index in [4.69, 9.17) is 9.52 Å². The second kappa shape index (κ2) is 6.47. The fourth-order valence-electron chi connectivity index (χ4n) is 1.73. The standard InChI is InChI=1S/C14H15NO4S/c1-2-5-20-8-13(16)15-10-3-4-11-9(6-10)7-12(19-11)14(17)18/h3-4,6-7H,2,5,8H2,1H3,(H,15,16)(H,17,18). The number of amides is 1. The second-order valence-corrected chi connectivity index (χ2v) is 5.37. The van der Waals surface area contributed by atoms with Crippen LogP contribution in [0.4, 0.5) is 5.69 Å². The summed E-state index contributed by atoms with van der Waals surface area (Å²) in [4.78, 5) is 22.5. The number of carboxylic acids is 1. The van der Waals surface area contributed by atoms with Gasteiger partial charge >= 0.3 is 5.97 Å². The van der Waals surface area contributed by atoms with Crippen molar-refractivity contribution >= 4 is 40.3 Å². The maximum Gasteiger partial charge on any atom is 0.371 e. The van der Waals surface area contributed by atoms with Gasteiger partial charge in [0.25, 0.3) is 0 Å². The molecule has 0 atom stereocenters. The van der Waals surface area contributed by atoms with E-state index in [0.29, 0.717) is 22.4 Å². The number of nitrogens with one attached hydrogen (secondary N) is 1. The summed E-state index contributed by atoms with van der Waals surface area (Å²) in [6.45, 7) is 2.07. The minimum atomic E-state index is -1.11. The number of carboxylic acid groups (broad SMARTS) is 1. The number of hydrogen-bond acceptors (Lipinski definition) is 4. The zero-order valence-electron chi connectivity index (χ0n) is 11.0. The second-order valence-electron chi connectivity index (χ2n) is 4.27. The summed E-state index contributed by atoms with van der Waals surface area (Å²) in [6, 6.07) is 6.49. The van der Waals surface area contributed by atoms with E-state index in [1.54, 1.807) is 30.0 Å². The van der Waals surface area contributed by atoms with Crippen LogP contribution in [0.25, 0.3) is 11.0 Å². The van der Waals surface area contributed by atoms with Crippen LogP contribution in [-0.2, 0) is 4.79 Å². The molecule has 0 radical (unpaired) electrons. The predicted molar refractivity (Wildman–Crippen MR) is 79.4 cm³/mol. The van der Waals surface area contributed by atoms with Crippen LogP contribution in [0.3, 0.4) is 0 Å². The van der Waals surface area contributed by atoms with Crippen molar-refractivity contribution in [1.82, 2.24) is 0 Å². The van der Waals surface area contributed by atoms with Gasteiger partial charge in [0.2, 0.25) is 11.7 Å². The van der Waals surface area contributed by atoms with Crippen LogP contribution < -0.4 is 5.32 Å². The molecule has 0 saturated carbocycles. The van der Waals surface area contributed by atoms with Crippen molar-refractivity contribution in [2.24, 2.45) is 0 Å². The van der Waals surface area contributed by atoms with E-state index in [0.717, 1.165) is 12.2 Å². The first-order valence-corrected chi connectivity index (χ1v) is 7.40. The van der Waals surface area contributed by atoms with Gasteiger partial charge in [-0.15, -0.1) is 0 Å². The molecule has 0 spiro atoms. The Bertz CT molecular complexity index is 635. The van der Waals surface area contributed by atoms with E-state index in [9.17, 15) is 9.59 Å². The van der Waals surface area contributed by atoms with Gasteiger partial charge in [0.15, 0.2) is 0 Å². The highest BCUT2D eigenvalue weighted by atomic mass is 32.2. The molecule has 20 heavy (non-hydrogen) atoms. The Hall–Kier alpha value is -1.95. The van der Waals surface area contributed by atoms with Crippen molar-refractivity contribution in [3.8, 4) is 0 Å². The quantitative estimate of drug-likeness (QED) is 0.799. The molecule has 1 aromatic heterocycles.